The standard InChI is InChI=1S/C12H15BrClN/c13-9-5-6-10(11(14)7-9)12(15)8-3-1-2-4-8/h5-8,12H,1-4,15H2/t12-/m0/s1. The first-order chi connectivity index (χ1) is 7.18. The van der Waals surface area contributed by atoms with Gasteiger partial charge in [-0.3, -0.25) is 0 Å². The predicted octanol–water partition coefficient (Wildman–Crippen LogP) is 4.29. The zero-order valence-electron chi connectivity index (χ0n) is 8.55. The Balaban J connectivity index is 2.20. The Hall–Kier alpha value is -0.0500. The zero-order valence-corrected chi connectivity index (χ0v) is 10.9. The fourth-order valence-electron chi connectivity index (χ4n) is 2.34. The van der Waals surface area contributed by atoms with Crippen molar-refractivity contribution in [3.63, 3.8) is 0 Å². The van der Waals surface area contributed by atoms with Crippen LogP contribution in [0.3, 0.4) is 0 Å². The van der Waals surface area contributed by atoms with E-state index in [1.165, 1.54) is 25.7 Å². The number of hydrogen-bond acceptors (Lipinski definition) is 1. The zero-order chi connectivity index (χ0) is 10.8. The van der Waals surface area contributed by atoms with Crippen molar-refractivity contribution in [3.05, 3.63) is 33.3 Å². The van der Waals surface area contributed by atoms with Crippen LogP contribution >= 0.6 is 27.5 Å². The minimum absolute atomic E-state index is 0.105. The van der Waals surface area contributed by atoms with Crippen LogP contribution in [0.2, 0.25) is 5.02 Å². The lowest BCUT2D eigenvalue weighted by atomic mass is 9.92. The lowest BCUT2D eigenvalue weighted by molar-refractivity contribution is 0.445. The van der Waals surface area contributed by atoms with E-state index in [9.17, 15) is 0 Å². The van der Waals surface area contributed by atoms with Gasteiger partial charge in [-0.15, -0.1) is 0 Å². The molecule has 82 valence electrons. The van der Waals surface area contributed by atoms with E-state index in [1.54, 1.807) is 0 Å². The number of nitrogens with two attached hydrogens (primary N) is 1. The molecule has 0 spiro atoms. The van der Waals surface area contributed by atoms with Gasteiger partial charge >= 0.3 is 0 Å². The minimum atomic E-state index is 0.105. The van der Waals surface area contributed by atoms with Crippen molar-refractivity contribution in [3.8, 4) is 0 Å². The molecule has 15 heavy (non-hydrogen) atoms. The van der Waals surface area contributed by atoms with E-state index in [-0.39, 0.29) is 6.04 Å². The molecule has 0 unspecified atom stereocenters. The summed E-state index contributed by atoms with van der Waals surface area (Å²) in [6.07, 6.45) is 5.11. The van der Waals surface area contributed by atoms with Gasteiger partial charge in [0.05, 0.1) is 0 Å². The lowest BCUT2D eigenvalue weighted by Gasteiger charge is -2.20. The summed E-state index contributed by atoms with van der Waals surface area (Å²) in [5.41, 5.74) is 7.34. The molecule has 1 saturated carbocycles. The van der Waals surface area contributed by atoms with Crippen LogP contribution in [0.15, 0.2) is 22.7 Å². The summed E-state index contributed by atoms with van der Waals surface area (Å²) in [5, 5.41) is 0.781. The van der Waals surface area contributed by atoms with Crippen LogP contribution in [0, 0.1) is 5.92 Å². The molecule has 2 N–H and O–H groups in total. The molecular formula is C12H15BrClN. The maximum Gasteiger partial charge on any atom is 0.0465 e. The second-order valence-corrected chi connectivity index (χ2v) is 5.56. The maximum atomic E-state index is 6.25. The lowest BCUT2D eigenvalue weighted by Crippen LogP contribution is -2.19. The molecule has 1 aromatic rings. The highest BCUT2D eigenvalue weighted by atomic mass is 79.9. The van der Waals surface area contributed by atoms with Crippen LogP contribution in [0.25, 0.3) is 0 Å². The monoisotopic (exact) mass is 287 g/mol. The van der Waals surface area contributed by atoms with Crippen LogP contribution in [0.4, 0.5) is 0 Å². The Kier molecular flexibility index (Phi) is 3.70. The fourth-order valence-corrected chi connectivity index (χ4v) is 3.14. The van der Waals surface area contributed by atoms with E-state index in [2.05, 4.69) is 15.9 Å². The summed E-state index contributed by atoms with van der Waals surface area (Å²) in [6.45, 7) is 0. The molecule has 0 radical (unpaired) electrons. The van der Waals surface area contributed by atoms with Gasteiger partial charge in [0.2, 0.25) is 0 Å². The average Bonchev–Trinajstić information content (AvgIpc) is 2.69. The Bertz CT molecular complexity index is 347. The summed E-state index contributed by atoms with van der Waals surface area (Å²) in [4.78, 5) is 0. The van der Waals surface area contributed by atoms with Crippen molar-refractivity contribution >= 4 is 27.5 Å². The van der Waals surface area contributed by atoms with E-state index in [1.807, 2.05) is 18.2 Å². The summed E-state index contributed by atoms with van der Waals surface area (Å²) in [7, 11) is 0. The molecule has 1 aliphatic carbocycles. The van der Waals surface area contributed by atoms with E-state index >= 15 is 0 Å². The quantitative estimate of drug-likeness (QED) is 0.863. The number of benzene rings is 1. The van der Waals surface area contributed by atoms with Crippen molar-refractivity contribution in [2.24, 2.45) is 11.7 Å². The van der Waals surface area contributed by atoms with Crippen molar-refractivity contribution < 1.29 is 0 Å². The summed E-state index contributed by atoms with van der Waals surface area (Å²) in [5.74, 6) is 0.615. The third-order valence-electron chi connectivity index (χ3n) is 3.23. The van der Waals surface area contributed by atoms with Gasteiger partial charge in [-0.2, -0.15) is 0 Å². The van der Waals surface area contributed by atoms with Crippen molar-refractivity contribution in [1.29, 1.82) is 0 Å². The number of hydrogen-bond donors (Lipinski definition) is 1. The molecule has 0 amide bonds. The van der Waals surface area contributed by atoms with E-state index in [0.29, 0.717) is 5.92 Å². The highest BCUT2D eigenvalue weighted by Crippen LogP contribution is 2.37. The third-order valence-corrected chi connectivity index (χ3v) is 4.05. The molecule has 1 fully saturated rings. The molecule has 3 heteroatoms. The molecule has 0 bridgehead atoms. The Labute approximate surface area is 104 Å². The molecule has 0 aliphatic heterocycles. The predicted molar refractivity (Wildman–Crippen MR) is 68.0 cm³/mol. The summed E-state index contributed by atoms with van der Waals surface area (Å²) in [6, 6.07) is 6.07. The van der Waals surface area contributed by atoms with Crippen molar-refractivity contribution in [2.45, 2.75) is 31.7 Å². The van der Waals surface area contributed by atoms with Gasteiger partial charge in [-0.1, -0.05) is 46.4 Å². The van der Waals surface area contributed by atoms with Crippen LogP contribution in [-0.4, -0.2) is 0 Å². The SMILES string of the molecule is N[C@H](c1ccc(Br)cc1Cl)C1CCCC1. The van der Waals surface area contributed by atoms with Gasteiger partial charge < -0.3 is 5.73 Å². The Morgan fingerprint density at radius 1 is 1.33 bits per heavy atom. The Morgan fingerprint density at radius 2 is 2.00 bits per heavy atom. The van der Waals surface area contributed by atoms with Crippen molar-refractivity contribution in [2.75, 3.05) is 0 Å². The van der Waals surface area contributed by atoms with Crippen LogP contribution in [0.1, 0.15) is 37.3 Å². The minimum Gasteiger partial charge on any atom is -0.324 e. The first kappa shape index (κ1) is 11.4. The number of halogens is 2. The number of rotatable bonds is 2. The first-order valence-corrected chi connectivity index (χ1v) is 6.56. The van der Waals surface area contributed by atoms with Gasteiger partial charge in [0.1, 0.15) is 0 Å². The largest absolute Gasteiger partial charge is 0.324 e. The topological polar surface area (TPSA) is 26.0 Å². The van der Waals surface area contributed by atoms with E-state index in [0.717, 1.165) is 15.1 Å². The second kappa shape index (κ2) is 4.86. The molecule has 1 atom stereocenters. The summed E-state index contributed by atoms with van der Waals surface area (Å²) >= 11 is 9.60. The van der Waals surface area contributed by atoms with Crippen LogP contribution in [-0.2, 0) is 0 Å². The van der Waals surface area contributed by atoms with Gasteiger partial charge in [-0.25, -0.2) is 0 Å². The first-order valence-electron chi connectivity index (χ1n) is 5.39. The molecule has 1 aliphatic rings. The fraction of sp³-hybridized carbons (Fsp3) is 0.500. The molecule has 1 aromatic carbocycles. The molecule has 2 rings (SSSR count). The summed E-state index contributed by atoms with van der Waals surface area (Å²) < 4.78 is 1.01. The van der Waals surface area contributed by atoms with Crippen LogP contribution in [0.5, 0.6) is 0 Å². The smallest absolute Gasteiger partial charge is 0.0465 e. The van der Waals surface area contributed by atoms with Gasteiger partial charge in [0.15, 0.2) is 0 Å². The molecular weight excluding hydrogens is 273 g/mol. The highest BCUT2D eigenvalue weighted by molar-refractivity contribution is 9.10. The normalized spacial score (nSPS) is 19.4. The molecule has 0 heterocycles. The van der Waals surface area contributed by atoms with E-state index < -0.39 is 0 Å². The maximum absolute atomic E-state index is 6.25. The second-order valence-electron chi connectivity index (χ2n) is 4.24. The third kappa shape index (κ3) is 2.55. The molecule has 1 nitrogen and oxygen atoms in total. The molecule has 0 aromatic heterocycles. The van der Waals surface area contributed by atoms with E-state index in [4.69, 9.17) is 17.3 Å². The van der Waals surface area contributed by atoms with Gasteiger partial charge in [-0.05, 0) is 36.5 Å². The Morgan fingerprint density at radius 3 is 2.60 bits per heavy atom. The van der Waals surface area contributed by atoms with Gasteiger partial charge in [0, 0.05) is 15.5 Å². The van der Waals surface area contributed by atoms with Crippen LogP contribution < -0.4 is 5.73 Å². The highest BCUT2D eigenvalue weighted by Gasteiger charge is 2.24. The average molecular weight is 289 g/mol. The van der Waals surface area contributed by atoms with Gasteiger partial charge in [0.25, 0.3) is 0 Å². The van der Waals surface area contributed by atoms with Crippen molar-refractivity contribution in [1.82, 2.24) is 0 Å². The molecule has 0 saturated heterocycles.